The lowest BCUT2D eigenvalue weighted by molar-refractivity contribution is -0.159. The number of amides is 1. The molecule has 0 atom stereocenters. The van der Waals surface area contributed by atoms with Crippen LogP contribution in [0.25, 0.3) is 0 Å². The minimum absolute atomic E-state index is 0.289. The number of esters is 2. The van der Waals surface area contributed by atoms with Crippen LogP contribution in [0.4, 0.5) is 4.79 Å². The molecule has 0 N–H and O–H groups in total. The van der Waals surface area contributed by atoms with Crippen LogP contribution in [0, 0.1) is 11.8 Å². The molecule has 24 heavy (non-hydrogen) atoms. The van der Waals surface area contributed by atoms with E-state index in [0.29, 0.717) is 25.4 Å². The Morgan fingerprint density at radius 2 is 1.54 bits per heavy atom. The Labute approximate surface area is 143 Å². The van der Waals surface area contributed by atoms with E-state index in [4.69, 9.17) is 4.74 Å². The summed E-state index contributed by atoms with van der Waals surface area (Å²) in [6.45, 7) is 6.79. The van der Waals surface area contributed by atoms with Crippen molar-refractivity contribution < 1.29 is 28.6 Å². The van der Waals surface area contributed by atoms with E-state index in [0.717, 1.165) is 19.3 Å². The predicted molar refractivity (Wildman–Crippen MR) is 87.3 cm³/mol. The monoisotopic (exact) mass is 343 g/mol. The van der Waals surface area contributed by atoms with Crippen molar-refractivity contribution in [1.82, 2.24) is 4.90 Å². The third-order valence-electron chi connectivity index (χ3n) is 4.10. The molecule has 1 heterocycles. The minimum atomic E-state index is -0.871. The van der Waals surface area contributed by atoms with Gasteiger partial charge in [-0.3, -0.25) is 9.59 Å². The average Bonchev–Trinajstić information content (AvgIpc) is 2.53. The summed E-state index contributed by atoms with van der Waals surface area (Å²) in [5.41, 5.74) is -0.498. The molecule has 138 valence electrons. The van der Waals surface area contributed by atoms with E-state index < -0.39 is 23.5 Å². The summed E-state index contributed by atoms with van der Waals surface area (Å²) in [6.07, 6.45) is 2.48. The van der Waals surface area contributed by atoms with Gasteiger partial charge in [0.1, 0.15) is 5.60 Å². The van der Waals surface area contributed by atoms with Crippen LogP contribution >= 0.6 is 0 Å². The first kappa shape index (κ1) is 20.3. The molecule has 0 aromatic rings. The van der Waals surface area contributed by atoms with Crippen molar-refractivity contribution in [3.8, 4) is 0 Å². The summed E-state index contributed by atoms with van der Waals surface area (Å²) in [4.78, 5) is 37.1. The van der Waals surface area contributed by atoms with Crippen molar-refractivity contribution in [2.45, 2.75) is 52.1 Å². The lowest BCUT2D eigenvalue weighted by atomic mass is 9.89. The zero-order valence-electron chi connectivity index (χ0n) is 15.3. The molecule has 0 aromatic heterocycles. The Balaban J connectivity index is 2.44. The van der Waals surface area contributed by atoms with E-state index in [2.05, 4.69) is 9.47 Å². The highest BCUT2D eigenvalue weighted by atomic mass is 16.6. The van der Waals surface area contributed by atoms with Crippen molar-refractivity contribution >= 4 is 18.0 Å². The molecule has 0 aromatic carbocycles. The number of hydrogen-bond donors (Lipinski definition) is 0. The third-order valence-corrected chi connectivity index (χ3v) is 4.10. The fourth-order valence-electron chi connectivity index (χ4n) is 2.75. The van der Waals surface area contributed by atoms with Crippen LogP contribution in [-0.4, -0.2) is 55.8 Å². The highest BCUT2D eigenvalue weighted by Gasteiger charge is 2.31. The van der Waals surface area contributed by atoms with Gasteiger partial charge in [0.15, 0.2) is 5.92 Å². The molecule has 0 radical (unpaired) electrons. The SMILES string of the molecule is COC(=O)C(CCC1CCN(C(=O)OC(C)(C)C)CC1)C(=O)OC. The molecule has 1 saturated heterocycles. The van der Waals surface area contributed by atoms with Gasteiger partial charge in [0, 0.05) is 13.1 Å². The van der Waals surface area contributed by atoms with Gasteiger partial charge in [0.2, 0.25) is 0 Å². The Hall–Kier alpha value is -1.79. The largest absolute Gasteiger partial charge is 0.468 e. The van der Waals surface area contributed by atoms with E-state index in [1.807, 2.05) is 20.8 Å². The zero-order chi connectivity index (χ0) is 18.3. The van der Waals surface area contributed by atoms with E-state index in [-0.39, 0.29) is 6.09 Å². The van der Waals surface area contributed by atoms with Gasteiger partial charge < -0.3 is 19.1 Å². The van der Waals surface area contributed by atoms with Crippen LogP contribution in [0.2, 0.25) is 0 Å². The second-order valence-electron chi connectivity index (χ2n) is 7.09. The Kier molecular flexibility index (Phi) is 7.51. The number of rotatable bonds is 5. The first-order chi connectivity index (χ1) is 11.2. The fraction of sp³-hybridized carbons (Fsp3) is 0.824. The van der Waals surface area contributed by atoms with Gasteiger partial charge >= 0.3 is 18.0 Å². The quantitative estimate of drug-likeness (QED) is 0.433. The topological polar surface area (TPSA) is 82.1 Å². The molecule has 0 bridgehead atoms. The summed E-state index contributed by atoms with van der Waals surface area (Å²) >= 11 is 0. The Morgan fingerprint density at radius 1 is 1.04 bits per heavy atom. The molecule has 1 aliphatic heterocycles. The molecule has 1 fully saturated rings. The number of hydrogen-bond acceptors (Lipinski definition) is 6. The lowest BCUT2D eigenvalue weighted by Gasteiger charge is -2.33. The molecule has 0 unspecified atom stereocenters. The summed E-state index contributed by atoms with van der Waals surface area (Å²) in [6, 6.07) is 0. The molecule has 7 heteroatoms. The summed E-state index contributed by atoms with van der Waals surface area (Å²) in [5, 5.41) is 0. The molecule has 1 rings (SSSR count). The molecular formula is C17H29NO6. The van der Waals surface area contributed by atoms with Gasteiger partial charge in [-0.25, -0.2) is 4.79 Å². The maximum Gasteiger partial charge on any atom is 0.410 e. The normalized spacial score (nSPS) is 16.0. The third kappa shape index (κ3) is 6.37. The van der Waals surface area contributed by atoms with Crippen molar-refractivity contribution in [3.63, 3.8) is 0 Å². The van der Waals surface area contributed by atoms with E-state index in [1.54, 1.807) is 4.90 Å². The van der Waals surface area contributed by atoms with Gasteiger partial charge in [-0.1, -0.05) is 0 Å². The number of carbonyl (C=O) groups excluding carboxylic acids is 3. The summed E-state index contributed by atoms with van der Waals surface area (Å²) < 4.78 is 14.7. The minimum Gasteiger partial charge on any atom is -0.468 e. The first-order valence-electron chi connectivity index (χ1n) is 8.31. The fourth-order valence-corrected chi connectivity index (χ4v) is 2.75. The van der Waals surface area contributed by atoms with Gasteiger partial charge in [-0.15, -0.1) is 0 Å². The molecule has 1 aliphatic rings. The zero-order valence-corrected chi connectivity index (χ0v) is 15.3. The molecule has 0 saturated carbocycles. The maximum absolute atomic E-state index is 12.0. The number of piperidine rings is 1. The van der Waals surface area contributed by atoms with E-state index in [1.165, 1.54) is 14.2 Å². The van der Waals surface area contributed by atoms with Crippen molar-refractivity contribution in [1.29, 1.82) is 0 Å². The highest BCUT2D eigenvalue weighted by Crippen LogP contribution is 2.25. The van der Waals surface area contributed by atoms with Gasteiger partial charge in [0.05, 0.1) is 14.2 Å². The van der Waals surface area contributed by atoms with Crippen molar-refractivity contribution in [2.24, 2.45) is 11.8 Å². The van der Waals surface area contributed by atoms with E-state index in [9.17, 15) is 14.4 Å². The number of likely N-dealkylation sites (tertiary alicyclic amines) is 1. The summed E-state index contributed by atoms with van der Waals surface area (Å²) in [7, 11) is 2.52. The second kappa shape index (κ2) is 8.89. The van der Waals surface area contributed by atoms with Crippen LogP contribution in [0.5, 0.6) is 0 Å². The smallest absolute Gasteiger partial charge is 0.410 e. The second-order valence-corrected chi connectivity index (χ2v) is 7.09. The van der Waals surface area contributed by atoms with Crippen LogP contribution in [0.3, 0.4) is 0 Å². The van der Waals surface area contributed by atoms with Gasteiger partial charge in [-0.2, -0.15) is 0 Å². The van der Waals surface area contributed by atoms with Crippen LogP contribution in [0.1, 0.15) is 46.5 Å². The summed E-state index contributed by atoms with van der Waals surface area (Å²) in [5.74, 6) is -1.63. The van der Waals surface area contributed by atoms with E-state index >= 15 is 0 Å². The predicted octanol–water partition coefficient (Wildman–Crippen LogP) is 2.38. The molecule has 7 nitrogen and oxygen atoms in total. The van der Waals surface area contributed by atoms with Crippen molar-refractivity contribution in [2.75, 3.05) is 27.3 Å². The first-order valence-corrected chi connectivity index (χ1v) is 8.31. The van der Waals surface area contributed by atoms with Crippen LogP contribution in [0.15, 0.2) is 0 Å². The Bertz CT molecular complexity index is 432. The van der Waals surface area contributed by atoms with Gasteiger partial charge in [0.25, 0.3) is 0 Å². The lowest BCUT2D eigenvalue weighted by Crippen LogP contribution is -2.41. The van der Waals surface area contributed by atoms with Crippen LogP contribution < -0.4 is 0 Å². The van der Waals surface area contributed by atoms with Crippen LogP contribution in [-0.2, 0) is 23.8 Å². The molecule has 0 spiro atoms. The standard InChI is InChI=1S/C17H29NO6/c1-17(2,3)24-16(21)18-10-8-12(9-11-18)6-7-13(14(19)22-4)15(20)23-5/h12-13H,6-11H2,1-5H3. The van der Waals surface area contributed by atoms with Gasteiger partial charge in [-0.05, 0) is 52.4 Å². The molecular weight excluding hydrogens is 314 g/mol. The highest BCUT2D eigenvalue weighted by molar-refractivity contribution is 5.94. The number of methoxy groups -OCH3 is 2. The Morgan fingerprint density at radius 3 is 1.96 bits per heavy atom. The average molecular weight is 343 g/mol. The molecule has 1 amide bonds. The number of ether oxygens (including phenoxy) is 3. The maximum atomic E-state index is 12.0. The number of nitrogens with zero attached hydrogens (tertiary/aromatic N) is 1. The molecule has 0 aliphatic carbocycles. The van der Waals surface area contributed by atoms with Crippen molar-refractivity contribution in [3.05, 3.63) is 0 Å². The number of carbonyl (C=O) groups is 3.